The Morgan fingerprint density at radius 3 is 2.24 bits per heavy atom. The van der Waals surface area contributed by atoms with Crippen molar-refractivity contribution in [1.82, 2.24) is 24.4 Å². The summed E-state index contributed by atoms with van der Waals surface area (Å²) in [7, 11) is 0. The van der Waals surface area contributed by atoms with Crippen LogP contribution in [0.1, 0.15) is 58.2 Å². The highest BCUT2D eigenvalue weighted by atomic mass is 16.2. The van der Waals surface area contributed by atoms with E-state index in [2.05, 4.69) is 14.6 Å². The van der Waals surface area contributed by atoms with Gasteiger partial charge in [0.05, 0.1) is 0 Å². The molecule has 7 heteroatoms. The van der Waals surface area contributed by atoms with Crippen LogP contribution in [-0.4, -0.2) is 62.4 Å². The SMILES string of the molecule is CC(C)(C)C(=O)N1CCC(C(=O)N2CCC(c3nnc4ccccn34)CC2)CC1. The van der Waals surface area contributed by atoms with Crippen LogP contribution in [0.3, 0.4) is 0 Å². The zero-order chi connectivity index (χ0) is 20.6. The number of rotatable bonds is 2. The number of carbonyl (C=O) groups excluding carboxylic acids is 2. The molecule has 4 heterocycles. The third kappa shape index (κ3) is 4.00. The molecule has 0 atom stereocenters. The Kier molecular flexibility index (Phi) is 5.32. The van der Waals surface area contributed by atoms with Gasteiger partial charge in [-0.15, -0.1) is 10.2 Å². The third-order valence-electron chi connectivity index (χ3n) is 6.28. The minimum atomic E-state index is -0.357. The normalized spacial score (nSPS) is 19.7. The molecular weight excluding hydrogens is 366 g/mol. The van der Waals surface area contributed by atoms with Crippen LogP contribution in [-0.2, 0) is 9.59 Å². The largest absolute Gasteiger partial charge is 0.342 e. The summed E-state index contributed by atoms with van der Waals surface area (Å²) in [4.78, 5) is 29.4. The van der Waals surface area contributed by atoms with Crippen LogP contribution in [0.25, 0.3) is 5.65 Å². The minimum Gasteiger partial charge on any atom is -0.342 e. The van der Waals surface area contributed by atoms with Crippen molar-refractivity contribution in [2.24, 2.45) is 11.3 Å². The van der Waals surface area contributed by atoms with Gasteiger partial charge in [-0.1, -0.05) is 26.8 Å². The molecule has 0 spiro atoms. The van der Waals surface area contributed by atoms with Crippen molar-refractivity contribution in [2.75, 3.05) is 26.2 Å². The number of fused-ring (bicyclic) bond motifs is 1. The summed E-state index contributed by atoms with van der Waals surface area (Å²) in [5.74, 6) is 1.83. The zero-order valence-electron chi connectivity index (χ0n) is 17.7. The fraction of sp³-hybridized carbons (Fsp3) is 0.636. The van der Waals surface area contributed by atoms with E-state index in [1.807, 2.05) is 55.0 Å². The van der Waals surface area contributed by atoms with Crippen LogP contribution < -0.4 is 0 Å². The van der Waals surface area contributed by atoms with Crippen LogP contribution in [0.15, 0.2) is 24.4 Å². The predicted molar refractivity (Wildman–Crippen MR) is 110 cm³/mol. The molecule has 156 valence electrons. The average Bonchev–Trinajstić information content (AvgIpc) is 3.16. The third-order valence-corrected chi connectivity index (χ3v) is 6.28. The highest BCUT2D eigenvalue weighted by molar-refractivity contribution is 5.82. The highest BCUT2D eigenvalue weighted by Gasteiger charge is 2.35. The number of carbonyl (C=O) groups is 2. The van der Waals surface area contributed by atoms with Gasteiger partial charge in [-0.2, -0.15) is 0 Å². The molecule has 2 aliphatic heterocycles. The number of hydrogen-bond acceptors (Lipinski definition) is 4. The first kappa shape index (κ1) is 19.9. The molecule has 2 aliphatic rings. The lowest BCUT2D eigenvalue weighted by molar-refractivity contribution is -0.145. The first-order chi connectivity index (χ1) is 13.8. The standard InChI is InChI=1S/C22H31N5O2/c1-22(2,3)21(29)26-14-9-17(10-15-26)20(28)25-12-7-16(8-13-25)19-24-23-18-6-4-5-11-27(18)19/h4-6,11,16-17H,7-10,12-15H2,1-3H3. The number of aromatic nitrogens is 3. The lowest BCUT2D eigenvalue weighted by Crippen LogP contribution is -2.48. The van der Waals surface area contributed by atoms with Crippen LogP contribution >= 0.6 is 0 Å². The van der Waals surface area contributed by atoms with Crippen molar-refractivity contribution in [2.45, 2.75) is 52.4 Å². The number of piperidine rings is 2. The highest BCUT2D eigenvalue weighted by Crippen LogP contribution is 2.30. The predicted octanol–water partition coefficient (Wildman–Crippen LogP) is 2.72. The van der Waals surface area contributed by atoms with E-state index < -0.39 is 0 Å². The molecule has 29 heavy (non-hydrogen) atoms. The maximum absolute atomic E-state index is 13.0. The molecule has 0 saturated carbocycles. The van der Waals surface area contributed by atoms with E-state index in [1.165, 1.54) is 0 Å². The summed E-state index contributed by atoms with van der Waals surface area (Å²) in [6.45, 7) is 8.78. The first-order valence-corrected chi connectivity index (χ1v) is 10.7. The fourth-order valence-electron chi connectivity index (χ4n) is 4.56. The molecule has 2 saturated heterocycles. The summed E-state index contributed by atoms with van der Waals surface area (Å²) in [5.41, 5.74) is 0.516. The smallest absolute Gasteiger partial charge is 0.227 e. The van der Waals surface area contributed by atoms with Crippen LogP contribution in [0.2, 0.25) is 0 Å². The number of likely N-dealkylation sites (tertiary alicyclic amines) is 2. The van der Waals surface area contributed by atoms with Gasteiger partial charge in [-0.3, -0.25) is 14.0 Å². The quantitative estimate of drug-likeness (QED) is 0.781. The van der Waals surface area contributed by atoms with Gasteiger partial charge in [-0.25, -0.2) is 0 Å². The molecule has 0 radical (unpaired) electrons. The van der Waals surface area contributed by atoms with E-state index in [4.69, 9.17) is 0 Å². The van der Waals surface area contributed by atoms with Gasteiger partial charge in [0.2, 0.25) is 11.8 Å². The van der Waals surface area contributed by atoms with E-state index in [9.17, 15) is 9.59 Å². The molecular formula is C22H31N5O2. The molecule has 0 N–H and O–H groups in total. The van der Waals surface area contributed by atoms with Gasteiger partial charge in [-0.05, 0) is 37.8 Å². The van der Waals surface area contributed by atoms with E-state index in [-0.39, 0.29) is 23.1 Å². The fourth-order valence-corrected chi connectivity index (χ4v) is 4.56. The lowest BCUT2D eigenvalue weighted by atomic mass is 9.89. The number of amides is 2. The molecule has 2 aromatic heterocycles. The Labute approximate surface area is 172 Å². The van der Waals surface area contributed by atoms with Crippen LogP contribution in [0.4, 0.5) is 0 Å². The average molecular weight is 398 g/mol. The van der Waals surface area contributed by atoms with Gasteiger partial charge < -0.3 is 9.80 Å². The summed E-state index contributed by atoms with van der Waals surface area (Å²) < 4.78 is 2.06. The Morgan fingerprint density at radius 1 is 0.931 bits per heavy atom. The number of nitrogens with zero attached hydrogens (tertiary/aromatic N) is 5. The maximum Gasteiger partial charge on any atom is 0.227 e. The van der Waals surface area contributed by atoms with E-state index >= 15 is 0 Å². The number of hydrogen-bond donors (Lipinski definition) is 0. The molecule has 4 rings (SSSR count). The van der Waals surface area contributed by atoms with Crippen molar-refractivity contribution in [3.8, 4) is 0 Å². The molecule has 2 fully saturated rings. The molecule has 2 aromatic rings. The first-order valence-electron chi connectivity index (χ1n) is 10.7. The van der Waals surface area contributed by atoms with E-state index in [1.54, 1.807) is 0 Å². The van der Waals surface area contributed by atoms with E-state index in [0.717, 1.165) is 50.2 Å². The Balaban J connectivity index is 1.31. The molecule has 2 amide bonds. The summed E-state index contributed by atoms with van der Waals surface area (Å²) >= 11 is 0. The van der Waals surface area contributed by atoms with Gasteiger partial charge in [0.15, 0.2) is 5.65 Å². The zero-order valence-corrected chi connectivity index (χ0v) is 17.7. The second-order valence-corrected chi connectivity index (χ2v) is 9.40. The van der Waals surface area contributed by atoms with Crippen LogP contribution in [0.5, 0.6) is 0 Å². The molecule has 0 bridgehead atoms. The van der Waals surface area contributed by atoms with Gasteiger partial charge in [0.25, 0.3) is 0 Å². The topological polar surface area (TPSA) is 70.8 Å². The lowest BCUT2D eigenvalue weighted by Gasteiger charge is -2.38. The summed E-state index contributed by atoms with van der Waals surface area (Å²) in [6, 6.07) is 5.93. The summed E-state index contributed by atoms with van der Waals surface area (Å²) in [6.07, 6.45) is 5.39. The Morgan fingerprint density at radius 2 is 1.59 bits per heavy atom. The maximum atomic E-state index is 13.0. The van der Waals surface area contributed by atoms with Crippen molar-refractivity contribution in [3.63, 3.8) is 0 Å². The Bertz CT molecular complexity index is 884. The monoisotopic (exact) mass is 397 g/mol. The van der Waals surface area contributed by atoms with Gasteiger partial charge >= 0.3 is 0 Å². The molecule has 0 aromatic carbocycles. The summed E-state index contributed by atoms with van der Waals surface area (Å²) in [5, 5.41) is 8.66. The van der Waals surface area contributed by atoms with Crippen molar-refractivity contribution < 1.29 is 9.59 Å². The number of pyridine rings is 1. The second-order valence-electron chi connectivity index (χ2n) is 9.40. The van der Waals surface area contributed by atoms with Crippen molar-refractivity contribution in [3.05, 3.63) is 30.2 Å². The molecule has 0 unspecified atom stereocenters. The molecule has 7 nitrogen and oxygen atoms in total. The molecule has 0 aliphatic carbocycles. The van der Waals surface area contributed by atoms with Crippen molar-refractivity contribution >= 4 is 17.5 Å². The minimum absolute atomic E-state index is 0.0458. The van der Waals surface area contributed by atoms with Gasteiger partial charge in [0, 0.05) is 49.6 Å². The van der Waals surface area contributed by atoms with Crippen molar-refractivity contribution in [1.29, 1.82) is 0 Å². The van der Waals surface area contributed by atoms with Crippen LogP contribution in [0, 0.1) is 11.3 Å². The Hall–Kier alpha value is -2.44. The van der Waals surface area contributed by atoms with E-state index in [0.29, 0.717) is 19.0 Å². The van der Waals surface area contributed by atoms with Gasteiger partial charge in [0.1, 0.15) is 5.82 Å². The second kappa shape index (κ2) is 7.76.